The van der Waals surface area contributed by atoms with Crippen molar-refractivity contribution >= 4 is 34.1 Å². The van der Waals surface area contributed by atoms with Gasteiger partial charge in [-0.3, -0.25) is 9.36 Å². The Labute approximate surface area is 183 Å². The van der Waals surface area contributed by atoms with E-state index in [0.717, 1.165) is 22.5 Å². The first-order valence-corrected chi connectivity index (χ1v) is 11.3. The van der Waals surface area contributed by atoms with Crippen molar-refractivity contribution in [2.45, 2.75) is 25.9 Å². The van der Waals surface area contributed by atoms with Crippen molar-refractivity contribution in [1.82, 2.24) is 19.7 Å². The second-order valence-electron chi connectivity index (χ2n) is 6.94. The second-order valence-corrected chi connectivity index (χ2v) is 8.74. The van der Waals surface area contributed by atoms with Gasteiger partial charge in [0.25, 0.3) is 0 Å². The predicted octanol–water partition coefficient (Wildman–Crippen LogP) is 5.05. The van der Waals surface area contributed by atoms with E-state index in [2.05, 4.69) is 59.5 Å². The summed E-state index contributed by atoms with van der Waals surface area (Å²) in [6.07, 6.45) is 1.67. The zero-order chi connectivity index (χ0) is 21.1. The van der Waals surface area contributed by atoms with Crippen LogP contribution in [0.3, 0.4) is 0 Å². The molecule has 8 heteroatoms. The number of rotatable bonds is 6. The fourth-order valence-corrected chi connectivity index (χ4v) is 4.43. The third kappa shape index (κ3) is 4.44. The molecule has 0 aliphatic rings. The molecule has 2 aromatic carbocycles. The SMILES string of the molecule is Cc1ccc(-n2cnnc2SCC(=O)Nc2nc(-c3ccccc3C)cs2)cc1C. The molecule has 0 aliphatic carbocycles. The highest BCUT2D eigenvalue weighted by atomic mass is 32.2. The van der Waals surface area contributed by atoms with E-state index in [9.17, 15) is 4.79 Å². The van der Waals surface area contributed by atoms with Gasteiger partial charge in [0.2, 0.25) is 5.91 Å². The fourth-order valence-electron chi connectivity index (χ4n) is 2.98. The predicted molar refractivity (Wildman–Crippen MR) is 122 cm³/mol. The van der Waals surface area contributed by atoms with Crippen LogP contribution in [0.4, 0.5) is 5.13 Å². The summed E-state index contributed by atoms with van der Waals surface area (Å²) < 4.78 is 1.89. The van der Waals surface area contributed by atoms with E-state index in [4.69, 9.17) is 0 Å². The summed E-state index contributed by atoms with van der Waals surface area (Å²) in [7, 11) is 0. The number of nitrogens with zero attached hydrogens (tertiary/aromatic N) is 4. The van der Waals surface area contributed by atoms with E-state index in [1.165, 1.54) is 34.2 Å². The number of thioether (sulfide) groups is 1. The Balaban J connectivity index is 1.40. The van der Waals surface area contributed by atoms with Gasteiger partial charge in [0, 0.05) is 16.6 Å². The van der Waals surface area contributed by atoms with Gasteiger partial charge < -0.3 is 5.32 Å². The summed E-state index contributed by atoms with van der Waals surface area (Å²) >= 11 is 2.77. The Hall–Kier alpha value is -2.97. The van der Waals surface area contributed by atoms with Gasteiger partial charge in [-0.05, 0) is 49.6 Å². The molecule has 152 valence electrons. The van der Waals surface area contributed by atoms with Crippen LogP contribution in [0.5, 0.6) is 0 Å². The largest absolute Gasteiger partial charge is 0.301 e. The molecule has 0 saturated heterocycles. The van der Waals surface area contributed by atoms with Gasteiger partial charge in [0.05, 0.1) is 11.4 Å². The van der Waals surface area contributed by atoms with Gasteiger partial charge in [-0.1, -0.05) is 42.1 Å². The minimum atomic E-state index is -0.125. The number of carbonyl (C=O) groups is 1. The molecule has 1 amide bonds. The number of hydrogen-bond acceptors (Lipinski definition) is 6. The molecule has 0 bridgehead atoms. The summed E-state index contributed by atoms with van der Waals surface area (Å²) in [5.41, 5.74) is 6.51. The lowest BCUT2D eigenvalue weighted by Crippen LogP contribution is -2.14. The Bertz CT molecular complexity index is 1200. The molecule has 30 heavy (non-hydrogen) atoms. The minimum Gasteiger partial charge on any atom is -0.301 e. The van der Waals surface area contributed by atoms with Gasteiger partial charge in [-0.15, -0.1) is 21.5 Å². The zero-order valence-electron chi connectivity index (χ0n) is 16.9. The Kier molecular flexibility index (Phi) is 5.96. The maximum atomic E-state index is 12.4. The highest BCUT2D eigenvalue weighted by molar-refractivity contribution is 7.99. The van der Waals surface area contributed by atoms with Crippen LogP contribution >= 0.6 is 23.1 Å². The number of amides is 1. The quantitative estimate of drug-likeness (QED) is 0.429. The van der Waals surface area contributed by atoms with Gasteiger partial charge in [-0.25, -0.2) is 4.98 Å². The minimum absolute atomic E-state index is 0.125. The van der Waals surface area contributed by atoms with E-state index in [1.807, 2.05) is 34.2 Å². The van der Waals surface area contributed by atoms with Crippen molar-refractivity contribution in [3.63, 3.8) is 0 Å². The third-order valence-corrected chi connectivity index (χ3v) is 6.49. The van der Waals surface area contributed by atoms with Gasteiger partial charge in [-0.2, -0.15) is 0 Å². The molecule has 0 atom stereocenters. The topological polar surface area (TPSA) is 72.7 Å². The Morgan fingerprint density at radius 1 is 1.10 bits per heavy atom. The zero-order valence-corrected chi connectivity index (χ0v) is 18.5. The molecule has 6 nitrogen and oxygen atoms in total. The number of aromatic nitrogens is 4. The summed E-state index contributed by atoms with van der Waals surface area (Å²) in [5.74, 6) is 0.100. The molecule has 0 radical (unpaired) electrons. The van der Waals surface area contributed by atoms with E-state index in [-0.39, 0.29) is 11.7 Å². The first-order chi connectivity index (χ1) is 14.5. The lowest BCUT2D eigenvalue weighted by Gasteiger charge is -2.08. The molecule has 0 saturated carbocycles. The van der Waals surface area contributed by atoms with Crippen LogP contribution in [0.25, 0.3) is 16.9 Å². The molecule has 4 aromatic rings. The van der Waals surface area contributed by atoms with Crippen molar-refractivity contribution in [1.29, 1.82) is 0 Å². The molecule has 0 spiro atoms. The maximum Gasteiger partial charge on any atom is 0.236 e. The van der Waals surface area contributed by atoms with Crippen LogP contribution in [0, 0.1) is 20.8 Å². The number of aryl methyl sites for hydroxylation is 3. The average Bonchev–Trinajstić information content (AvgIpc) is 3.38. The first kappa shape index (κ1) is 20.3. The van der Waals surface area contributed by atoms with Crippen molar-refractivity contribution in [2.75, 3.05) is 11.1 Å². The van der Waals surface area contributed by atoms with Crippen molar-refractivity contribution in [2.24, 2.45) is 0 Å². The van der Waals surface area contributed by atoms with Crippen LogP contribution < -0.4 is 5.32 Å². The second kappa shape index (κ2) is 8.81. The summed E-state index contributed by atoms with van der Waals surface area (Å²) in [6, 6.07) is 14.3. The molecule has 2 aromatic heterocycles. The van der Waals surface area contributed by atoms with Crippen LogP contribution in [0.2, 0.25) is 0 Å². The lowest BCUT2D eigenvalue weighted by atomic mass is 10.1. The van der Waals surface area contributed by atoms with Crippen molar-refractivity contribution < 1.29 is 4.79 Å². The van der Waals surface area contributed by atoms with Crippen LogP contribution in [-0.2, 0) is 4.79 Å². The highest BCUT2D eigenvalue weighted by Crippen LogP contribution is 2.27. The summed E-state index contributed by atoms with van der Waals surface area (Å²) in [4.78, 5) is 17.0. The first-order valence-electron chi connectivity index (χ1n) is 9.43. The molecular formula is C22H21N5OS2. The summed E-state index contributed by atoms with van der Waals surface area (Å²) in [5, 5.41) is 14.3. The molecule has 4 rings (SSSR count). The summed E-state index contributed by atoms with van der Waals surface area (Å²) in [6.45, 7) is 6.20. The molecule has 0 aliphatic heterocycles. The van der Waals surface area contributed by atoms with Gasteiger partial charge in [0.1, 0.15) is 6.33 Å². The monoisotopic (exact) mass is 435 g/mol. The van der Waals surface area contributed by atoms with Crippen LogP contribution in [0.15, 0.2) is 59.3 Å². The molecule has 0 unspecified atom stereocenters. The number of carbonyl (C=O) groups excluding carboxylic acids is 1. The normalized spacial score (nSPS) is 10.9. The Morgan fingerprint density at radius 2 is 1.93 bits per heavy atom. The van der Waals surface area contributed by atoms with Crippen molar-refractivity contribution in [3.05, 3.63) is 70.9 Å². The fraction of sp³-hybridized carbons (Fsp3) is 0.182. The van der Waals surface area contributed by atoms with Gasteiger partial charge >= 0.3 is 0 Å². The van der Waals surface area contributed by atoms with E-state index in [0.29, 0.717) is 10.3 Å². The Morgan fingerprint density at radius 3 is 2.73 bits per heavy atom. The van der Waals surface area contributed by atoms with E-state index in [1.54, 1.807) is 6.33 Å². The number of benzene rings is 2. The standard InChI is InChI=1S/C22H21N5OS2/c1-14-8-9-17(10-16(14)3)27-13-23-26-22(27)30-12-20(28)25-21-24-19(11-29-21)18-7-5-4-6-15(18)2/h4-11,13H,12H2,1-3H3,(H,24,25,28). The molecular weight excluding hydrogens is 414 g/mol. The van der Waals surface area contributed by atoms with E-state index < -0.39 is 0 Å². The van der Waals surface area contributed by atoms with Crippen molar-refractivity contribution in [3.8, 4) is 16.9 Å². The van der Waals surface area contributed by atoms with Gasteiger partial charge in [0.15, 0.2) is 10.3 Å². The van der Waals surface area contributed by atoms with Crippen LogP contribution in [0.1, 0.15) is 16.7 Å². The number of nitrogens with one attached hydrogen (secondary N) is 1. The lowest BCUT2D eigenvalue weighted by molar-refractivity contribution is -0.113. The molecule has 2 heterocycles. The number of thiazole rings is 1. The number of anilines is 1. The van der Waals surface area contributed by atoms with Crippen LogP contribution in [-0.4, -0.2) is 31.4 Å². The number of hydrogen-bond donors (Lipinski definition) is 1. The molecule has 0 fully saturated rings. The van der Waals surface area contributed by atoms with E-state index >= 15 is 0 Å². The average molecular weight is 436 g/mol. The molecule has 1 N–H and O–H groups in total. The smallest absolute Gasteiger partial charge is 0.236 e. The highest BCUT2D eigenvalue weighted by Gasteiger charge is 2.13. The third-order valence-electron chi connectivity index (χ3n) is 4.79. The maximum absolute atomic E-state index is 12.4.